The van der Waals surface area contributed by atoms with Gasteiger partial charge in [-0.1, -0.05) is 19.8 Å². The molecule has 0 aromatic rings. The lowest BCUT2D eigenvalue weighted by Crippen LogP contribution is -2.47. The van der Waals surface area contributed by atoms with E-state index >= 15 is 0 Å². The number of ether oxygens (including phenoxy) is 1. The van der Waals surface area contributed by atoms with Crippen molar-refractivity contribution in [3.8, 4) is 0 Å². The third-order valence-corrected chi connectivity index (χ3v) is 2.40. The van der Waals surface area contributed by atoms with E-state index in [0.29, 0.717) is 6.42 Å². The summed E-state index contributed by atoms with van der Waals surface area (Å²) in [6.07, 6.45) is 2.57. The first-order chi connectivity index (χ1) is 7.46. The van der Waals surface area contributed by atoms with Crippen molar-refractivity contribution < 1.29 is 19.7 Å². The number of carbonyl (C=O) groups excluding carboxylic acids is 1. The molecule has 5 nitrogen and oxygen atoms in total. The number of unbranched alkanes of at least 4 members (excludes halogenated alkanes) is 1. The minimum Gasteiger partial charge on any atom is -0.468 e. The van der Waals surface area contributed by atoms with Gasteiger partial charge < -0.3 is 20.3 Å². The van der Waals surface area contributed by atoms with Gasteiger partial charge in [-0.15, -0.1) is 0 Å². The van der Waals surface area contributed by atoms with Gasteiger partial charge in [0.1, 0.15) is 6.04 Å². The van der Waals surface area contributed by atoms with Gasteiger partial charge >= 0.3 is 5.97 Å². The molecule has 2 atom stereocenters. The Hall–Kier alpha value is -0.650. The zero-order valence-corrected chi connectivity index (χ0v) is 10.3. The lowest BCUT2D eigenvalue weighted by atomic mass is 10.1. The van der Waals surface area contributed by atoms with Gasteiger partial charge in [0, 0.05) is 6.54 Å². The predicted octanol–water partition coefficient (Wildman–Crippen LogP) is 0.0511. The summed E-state index contributed by atoms with van der Waals surface area (Å²) in [5.74, 6) is -0.331. The Bertz CT molecular complexity index is 206. The number of carbonyl (C=O) groups is 1. The van der Waals surface area contributed by atoms with Crippen molar-refractivity contribution in [3.05, 3.63) is 0 Å². The molecule has 0 fully saturated rings. The maximum absolute atomic E-state index is 11.4. The maximum atomic E-state index is 11.4. The quantitative estimate of drug-likeness (QED) is 0.516. The Morgan fingerprint density at radius 3 is 2.62 bits per heavy atom. The SMILES string of the molecule is CCCCC(NCC(C)(O)CO)C(=O)OC. The van der Waals surface area contributed by atoms with Crippen LogP contribution in [0.4, 0.5) is 0 Å². The smallest absolute Gasteiger partial charge is 0.322 e. The molecule has 0 rings (SSSR count). The minimum absolute atomic E-state index is 0.160. The molecule has 2 unspecified atom stereocenters. The molecular weight excluding hydrogens is 210 g/mol. The van der Waals surface area contributed by atoms with Gasteiger partial charge in [0.2, 0.25) is 0 Å². The number of nitrogens with one attached hydrogen (secondary N) is 1. The second-order valence-corrected chi connectivity index (χ2v) is 4.25. The summed E-state index contributed by atoms with van der Waals surface area (Å²) in [4.78, 5) is 11.4. The van der Waals surface area contributed by atoms with E-state index in [2.05, 4.69) is 10.1 Å². The highest BCUT2D eigenvalue weighted by Crippen LogP contribution is 2.05. The van der Waals surface area contributed by atoms with Crippen molar-refractivity contribution in [2.75, 3.05) is 20.3 Å². The van der Waals surface area contributed by atoms with Crippen molar-refractivity contribution in [2.45, 2.75) is 44.8 Å². The van der Waals surface area contributed by atoms with Crippen LogP contribution in [0, 0.1) is 0 Å². The Labute approximate surface area is 96.8 Å². The molecule has 0 aromatic carbocycles. The molecule has 0 bridgehead atoms. The number of aliphatic hydroxyl groups excluding tert-OH is 1. The van der Waals surface area contributed by atoms with Gasteiger partial charge in [0.05, 0.1) is 19.3 Å². The van der Waals surface area contributed by atoms with Crippen LogP contribution in [0.1, 0.15) is 33.1 Å². The summed E-state index contributed by atoms with van der Waals surface area (Å²) >= 11 is 0. The predicted molar refractivity (Wildman–Crippen MR) is 61.0 cm³/mol. The van der Waals surface area contributed by atoms with E-state index in [0.717, 1.165) is 12.8 Å². The van der Waals surface area contributed by atoms with Crippen molar-refractivity contribution in [3.63, 3.8) is 0 Å². The fourth-order valence-corrected chi connectivity index (χ4v) is 1.25. The molecule has 0 aliphatic heterocycles. The van der Waals surface area contributed by atoms with Gasteiger partial charge in [-0.05, 0) is 13.3 Å². The zero-order valence-electron chi connectivity index (χ0n) is 10.3. The maximum Gasteiger partial charge on any atom is 0.322 e. The van der Waals surface area contributed by atoms with Crippen molar-refractivity contribution in [2.24, 2.45) is 0 Å². The molecule has 0 saturated carbocycles. The highest BCUT2D eigenvalue weighted by molar-refractivity contribution is 5.75. The van der Waals surface area contributed by atoms with Crippen molar-refractivity contribution in [1.82, 2.24) is 5.32 Å². The average molecular weight is 233 g/mol. The molecule has 16 heavy (non-hydrogen) atoms. The number of esters is 1. The fourth-order valence-electron chi connectivity index (χ4n) is 1.25. The summed E-state index contributed by atoms with van der Waals surface area (Å²) in [7, 11) is 1.34. The third kappa shape index (κ3) is 6.05. The summed E-state index contributed by atoms with van der Waals surface area (Å²) in [6, 6.07) is -0.414. The molecule has 3 N–H and O–H groups in total. The van der Waals surface area contributed by atoms with E-state index in [1.807, 2.05) is 6.92 Å². The van der Waals surface area contributed by atoms with E-state index in [4.69, 9.17) is 5.11 Å². The van der Waals surface area contributed by atoms with E-state index in [9.17, 15) is 9.90 Å². The highest BCUT2D eigenvalue weighted by atomic mass is 16.5. The first-order valence-corrected chi connectivity index (χ1v) is 5.61. The average Bonchev–Trinajstić information content (AvgIpc) is 2.28. The Morgan fingerprint density at radius 1 is 1.56 bits per heavy atom. The zero-order chi connectivity index (χ0) is 12.6. The summed E-state index contributed by atoms with van der Waals surface area (Å²) in [5.41, 5.74) is -1.21. The van der Waals surface area contributed by atoms with Gasteiger partial charge in [0.25, 0.3) is 0 Å². The largest absolute Gasteiger partial charge is 0.468 e. The normalized spacial score (nSPS) is 16.6. The molecular formula is C11H23NO4. The van der Waals surface area contributed by atoms with Crippen molar-refractivity contribution in [1.29, 1.82) is 0 Å². The second kappa shape index (κ2) is 7.60. The van der Waals surface area contributed by atoms with E-state index < -0.39 is 11.6 Å². The van der Waals surface area contributed by atoms with Gasteiger partial charge in [-0.3, -0.25) is 4.79 Å². The van der Waals surface area contributed by atoms with Crippen LogP contribution in [0.2, 0.25) is 0 Å². The third-order valence-electron chi connectivity index (χ3n) is 2.40. The Kier molecular flexibility index (Phi) is 7.29. The molecule has 5 heteroatoms. The Balaban J connectivity index is 4.15. The number of hydrogen-bond acceptors (Lipinski definition) is 5. The van der Waals surface area contributed by atoms with Crippen LogP contribution >= 0.6 is 0 Å². The summed E-state index contributed by atoms with van der Waals surface area (Å²) < 4.78 is 4.66. The first-order valence-electron chi connectivity index (χ1n) is 5.61. The lowest BCUT2D eigenvalue weighted by Gasteiger charge is -2.24. The first kappa shape index (κ1) is 15.3. The molecule has 0 heterocycles. The van der Waals surface area contributed by atoms with Crippen LogP contribution in [0.25, 0.3) is 0 Å². The molecule has 0 aromatic heterocycles. The van der Waals surface area contributed by atoms with Crippen LogP contribution < -0.4 is 5.32 Å². The van der Waals surface area contributed by atoms with Crippen LogP contribution in [0.15, 0.2) is 0 Å². The topological polar surface area (TPSA) is 78.8 Å². The summed E-state index contributed by atoms with van der Waals surface area (Å²) in [5, 5.41) is 21.4. The van der Waals surface area contributed by atoms with Crippen LogP contribution in [-0.2, 0) is 9.53 Å². The van der Waals surface area contributed by atoms with Crippen LogP contribution in [-0.4, -0.2) is 48.1 Å². The number of methoxy groups -OCH3 is 1. The van der Waals surface area contributed by atoms with E-state index in [-0.39, 0.29) is 19.1 Å². The van der Waals surface area contributed by atoms with Gasteiger partial charge in [0.15, 0.2) is 0 Å². The van der Waals surface area contributed by atoms with E-state index in [1.54, 1.807) is 0 Å². The van der Waals surface area contributed by atoms with Gasteiger partial charge in [-0.2, -0.15) is 0 Å². The molecule has 0 spiro atoms. The molecule has 0 aliphatic rings. The molecule has 0 aliphatic carbocycles. The molecule has 0 amide bonds. The van der Waals surface area contributed by atoms with E-state index in [1.165, 1.54) is 14.0 Å². The number of rotatable bonds is 8. The lowest BCUT2D eigenvalue weighted by molar-refractivity contribution is -0.143. The van der Waals surface area contributed by atoms with Gasteiger partial charge in [-0.25, -0.2) is 0 Å². The summed E-state index contributed by atoms with van der Waals surface area (Å²) in [6.45, 7) is 3.36. The second-order valence-electron chi connectivity index (χ2n) is 4.25. The molecule has 0 radical (unpaired) electrons. The van der Waals surface area contributed by atoms with Crippen molar-refractivity contribution >= 4 is 5.97 Å². The fraction of sp³-hybridized carbons (Fsp3) is 0.909. The standard InChI is InChI=1S/C11H23NO4/c1-4-5-6-9(10(14)16-3)12-7-11(2,15)8-13/h9,12-13,15H,4-8H2,1-3H3. The minimum atomic E-state index is -1.21. The number of hydrogen-bond donors (Lipinski definition) is 3. The molecule has 96 valence electrons. The monoisotopic (exact) mass is 233 g/mol. The molecule has 0 saturated heterocycles. The Morgan fingerprint density at radius 2 is 2.19 bits per heavy atom. The highest BCUT2D eigenvalue weighted by Gasteiger charge is 2.24. The number of aliphatic hydroxyl groups is 2. The van der Waals surface area contributed by atoms with Crippen LogP contribution in [0.3, 0.4) is 0 Å². The van der Waals surface area contributed by atoms with Crippen LogP contribution in [0.5, 0.6) is 0 Å².